The second-order valence-corrected chi connectivity index (χ2v) is 7.37. The van der Waals surface area contributed by atoms with Crippen molar-refractivity contribution < 1.29 is 13.9 Å². The topological polar surface area (TPSA) is 41.6 Å². The minimum atomic E-state index is -0.486. The lowest BCUT2D eigenvalue weighted by atomic mass is 9.94. The highest BCUT2D eigenvalue weighted by Gasteiger charge is 2.51. The van der Waals surface area contributed by atoms with Gasteiger partial charge in [-0.25, -0.2) is 4.39 Å². The molecule has 0 radical (unpaired) electrons. The Morgan fingerprint density at radius 2 is 1.74 bits per heavy atom. The smallest absolute Gasteiger partial charge is 0.230 e. The predicted molar refractivity (Wildman–Crippen MR) is 102 cm³/mol. The van der Waals surface area contributed by atoms with Gasteiger partial charge in [-0.05, 0) is 36.1 Å². The number of ether oxygens (including phenoxy) is 1. The van der Waals surface area contributed by atoms with E-state index >= 15 is 0 Å². The van der Waals surface area contributed by atoms with Crippen LogP contribution < -0.4 is 5.32 Å². The van der Waals surface area contributed by atoms with Crippen LogP contribution in [0.4, 0.5) is 4.39 Å². The van der Waals surface area contributed by atoms with Crippen molar-refractivity contribution in [1.29, 1.82) is 0 Å². The first-order valence-electron chi connectivity index (χ1n) is 9.60. The number of nitrogens with zero attached hydrogens (tertiary/aromatic N) is 1. The Morgan fingerprint density at radius 1 is 1.07 bits per heavy atom. The van der Waals surface area contributed by atoms with Crippen LogP contribution >= 0.6 is 0 Å². The summed E-state index contributed by atoms with van der Waals surface area (Å²) < 4.78 is 18.7. The molecule has 0 aromatic heterocycles. The number of nitrogens with one attached hydrogen (secondary N) is 1. The van der Waals surface area contributed by atoms with Crippen molar-refractivity contribution in [3.8, 4) is 0 Å². The van der Waals surface area contributed by atoms with Crippen molar-refractivity contribution in [3.63, 3.8) is 0 Å². The SMILES string of the molecule is O=C(NCC(c1ccccc1)N1CCOCC1)C1(c2ccc(F)cc2)CC1. The fourth-order valence-corrected chi connectivity index (χ4v) is 3.92. The maximum atomic E-state index is 13.2. The molecule has 2 aromatic carbocycles. The molecule has 2 aromatic rings. The van der Waals surface area contributed by atoms with E-state index in [1.54, 1.807) is 12.1 Å². The molecule has 142 valence electrons. The number of carbonyl (C=O) groups is 1. The van der Waals surface area contributed by atoms with E-state index in [9.17, 15) is 9.18 Å². The van der Waals surface area contributed by atoms with Crippen molar-refractivity contribution in [2.24, 2.45) is 0 Å². The summed E-state index contributed by atoms with van der Waals surface area (Å²) in [6.45, 7) is 3.72. The van der Waals surface area contributed by atoms with Gasteiger partial charge in [0.25, 0.3) is 0 Å². The van der Waals surface area contributed by atoms with Gasteiger partial charge in [-0.1, -0.05) is 42.5 Å². The molecule has 27 heavy (non-hydrogen) atoms. The van der Waals surface area contributed by atoms with Gasteiger partial charge < -0.3 is 10.1 Å². The standard InChI is InChI=1S/C22H25FN2O2/c23-19-8-6-18(7-9-19)22(10-11-22)21(26)24-16-20(17-4-2-1-3-5-17)25-12-14-27-15-13-25/h1-9,20H,10-16H2,(H,24,26). The second-order valence-electron chi connectivity index (χ2n) is 7.37. The van der Waals surface area contributed by atoms with Gasteiger partial charge in [-0.2, -0.15) is 0 Å². The number of halogens is 1. The van der Waals surface area contributed by atoms with Gasteiger partial charge in [0.15, 0.2) is 0 Å². The normalized spacial score (nSPS) is 20.0. The molecule has 1 amide bonds. The first-order valence-corrected chi connectivity index (χ1v) is 9.60. The Morgan fingerprint density at radius 3 is 2.37 bits per heavy atom. The van der Waals surface area contributed by atoms with E-state index in [0.717, 1.165) is 44.7 Å². The Kier molecular flexibility index (Phi) is 5.23. The van der Waals surface area contributed by atoms with Gasteiger partial charge >= 0.3 is 0 Å². The predicted octanol–water partition coefficient (Wildman–Crippen LogP) is 3.05. The summed E-state index contributed by atoms with van der Waals surface area (Å²) in [6, 6.07) is 16.8. The molecule has 1 saturated carbocycles. The van der Waals surface area contributed by atoms with Crippen LogP contribution in [0.2, 0.25) is 0 Å². The average molecular weight is 368 g/mol. The van der Waals surface area contributed by atoms with E-state index in [1.807, 2.05) is 18.2 Å². The van der Waals surface area contributed by atoms with Crippen LogP contribution in [0.5, 0.6) is 0 Å². The molecule has 4 rings (SSSR count). The van der Waals surface area contributed by atoms with Crippen molar-refractivity contribution in [3.05, 3.63) is 71.5 Å². The van der Waals surface area contributed by atoms with Crippen LogP contribution in [0.3, 0.4) is 0 Å². The van der Waals surface area contributed by atoms with Crippen molar-refractivity contribution in [1.82, 2.24) is 10.2 Å². The lowest BCUT2D eigenvalue weighted by molar-refractivity contribution is -0.124. The summed E-state index contributed by atoms with van der Waals surface area (Å²) >= 11 is 0. The highest BCUT2D eigenvalue weighted by molar-refractivity contribution is 5.91. The quantitative estimate of drug-likeness (QED) is 0.852. The number of rotatable bonds is 6. The highest BCUT2D eigenvalue weighted by Crippen LogP contribution is 2.48. The monoisotopic (exact) mass is 368 g/mol. The van der Waals surface area contributed by atoms with Crippen LogP contribution in [-0.4, -0.2) is 43.7 Å². The molecular formula is C22H25FN2O2. The Labute approximate surface area is 159 Å². The molecule has 1 unspecified atom stereocenters. The van der Waals surface area contributed by atoms with Crippen LogP contribution in [0.1, 0.15) is 30.0 Å². The summed E-state index contributed by atoms with van der Waals surface area (Å²) in [5.74, 6) is -0.227. The Balaban J connectivity index is 1.47. The maximum Gasteiger partial charge on any atom is 0.230 e. The van der Waals surface area contributed by atoms with Gasteiger partial charge in [0.05, 0.1) is 24.7 Å². The van der Waals surface area contributed by atoms with Gasteiger partial charge in [-0.3, -0.25) is 9.69 Å². The van der Waals surface area contributed by atoms with Crippen molar-refractivity contribution in [2.75, 3.05) is 32.8 Å². The first-order chi connectivity index (χ1) is 13.2. The molecule has 5 heteroatoms. The third-order valence-electron chi connectivity index (χ3n) is 5.71. The lowest BCUT2D eigenvalue weighted by Crippen LogP contribution is -2.45. The molecule has 1 aliphatic carbocycles. The molecule has 2 aliphatic rings. The van der Waals surface area contributed by atoms with Crippen LogP contribution in [0, 0.1) is 5.82 Å². The van der Waals surface area contributed by atoms with E-state index < -0.39 is 5.41 Å². The second kappa shape index (κ2) is 7.79. The molecule has 1 atom stereocenters. The van der Waals surface area contributed by atoms with Crippen LogP contribution in [0.25, 0.3) is 0 Å². The number of carbonyl (C=O) groups excluding carboxylic acids is 1. The minimum absolute atomic E-state index is 0.0447. The molecular weight excluding hydrogens is 343 g/mol. The van der Waals surface area contributed by atoms with Crippen molar-refractivity contribution in [2.45, 2.75) is 24.3 Å². The van der Waals surface area contributed by atoms with Gasteiger partial charge in [0, 0.05) is 19.6 Å². The molecule has 1 aliphatic heterocycles. The molecule has 1 saturated heterocycles. The van der Waals surface area contributed by atoms with Gasteiger partial charge in [0.2, 0.25) is 5.91 Å². The summed E-state index contributed by atoms with van der Waals surface area (Å²) in [6.07, 6.45) is 1.63. The molecule has 1 N–H and O–H groups in total. The summed E-state index contributed by atoms with van der Waals surface area (Å²) in [5.41, 5.74) is 1.62. The highest BCUT2D eigenvalue weighted by atomic mass is 19.1. The zero-order chi connectivity index (χ0) is 18.7. The number of hydrogen-bond donors (Lipinski definition) is 1. The zero-order valence-corrected chi connectivity index (χ0v) is 15.4. The summed E-state index contributed by atoms with van der Waals surface area (Å²) in [5, 5.41) is 3.18. The third kappa shape index (κ3) is 3.89. The molecule has 2 fully saturated rings. The number of amides is 1. The summed E-state index contributed by atoms with van der Waals surface area (Å²) in [7, 11) is 0. The van der Waals surface area contributed by atoms with E-state index in [1.165, 1.54) is 17.7 Å². The number of benzene rings is 2. The average Bonchev–Trinajstić information content (AvgIpc) is 3.52. The van der Waals surface area contributed by atoms with Crippen LogP contribution in [0.15, 0.2) is 54.6 Å². The maximum absolute atomic E-state index is 13.2. The van der Waals surface area contributed by atoms with Gasteiger partial charge in [-0.15, -0.1) is 0 Å². The summed E-state index contributed by atoms with van der Waals surface area (Å²) in [4.78, 5) is 15.4. The first kappa shape index (κ1) is 18.1. The van der Waals surface area contributed by atoms with E-state index in [2.05, 4.69) is 22.3 Å². The largest absolute Gasteiger partial charge is 0.379 e. The third-order valence-corrected chi connectivity index (χ3v) is 5.71. The number of morpholine rings is 1. The fraction of sp³-hybridized carbons (Fsp3) is 0.409. The van der Waals surface area contributed by atoms with E-state index in [0.29, 0.717) is 6.54 Å². The fourth-order valence-electron chi connectivity index (χ4n) is 3.92. The van der Waals surface area contributed by atoms with E-state index in [4.69, 9.17) is 4.74 Å². The Hall–Kier alpha value is -2.24. The molecule has 0 spiro atoms. The zero-order valence-electron chi connectivity index (χ0n) is 15.4. The van der Waals surface area contributed by atoms with Crippen LogP contribution in [-0.2, 0) is 14.9 Å². The molecule has 0 bridgehead atoms. The minimum Gasteiger partial charge on any atom is -0.379 e. The Bertz CT molecular complexity index is 769. The lowest BCUT2D eigenvalue weighted by Gasteiger charge is -2.35. The molecule has 1 heterocycles. The van der Waals surface area contributed by atoms with Crippen molar-refractivity contribution >= 4 is 5.91 Å². The number of hydrogen-bond acceptors (Lipinski definition) is 3. The van der Waals surface area contributed by atoms with Gasteiger partial charge in [0.1, 0.15) is 5.82 Å². The molecule has 4 nitrogen and oxygen atoms in total. The van der Waals surface area contributed by atoms with E-state index in [-0.39, 0.29) is 17.8 Å².